The Balaban J connectivity index is 1.84. The molecule has 1 aliphatic heterocycles. The number of methoxy groups -OCH3 is 2. The first-order chi connectivity index (χ1) is 15.8. The zero-order chi connectivity index (χ0) is 23.7. The van der Waals surface area contributed by atoms with Gasteiger partial charge in [0.05, 0.1) is 25.5 Å². The highest BCUT2D eigenvalue weighted by Gasteiger charge is 2.40. The number of ether oxygens (including phenoxy) is 2. The second-order valence-electron chi connectivity index (χ2n) is 8.04. The first-order valence-electron chi connectivity index (χ1n) is 10.6. The molecule has 0 atom stereocenters. The molecule has 0 bridgehead atoms. The van der Waals surface area contributed by atoms with Crippen LogP contribution in [0.15, 0.2) is 66.4 Å². The summed E-state index contributed by atoms with van der Waals surface area (Å²) in [4.78, 5) is 28.4. The number of imide groups is 1. The minimum atomic E-state index is -0.427. The maximum Gasteiger partial charge on any atom is 0.282 e. The van der Waals surface area contributed by atoms with E-state index < -0.39 is 11.8 Å². The van der Waals surface area contributed by atoms with E-state index in [1.165, 1.54) is 19.1 Å². The molecular weight excluding hydrogens is 416 g/mol. The number of nitrogens with one attached hydrogen (secondary N) is 1. The van der Waals surface area contributed by atoms with E-state index in [0.717, 1.165) is 22.4 Å². The van der Waals surface area contributed by atoms with Crippen LogP contribution in [0.5, 0.6) is 11.5 Å². The predicted molar refractivity (Wildman–Crippen MR) is 130 cm³/mol. The maximum absolute atomic E-state index is 13.6. The Morgan fingerprint density at radius 3 is 2.06 bits per heavy atom. The van der Waals surface area contributed by atoms with Gasteiger partial charge in [-0.25, -0.2) is 4.90 Å². The van der Waals surface area contributed by atoms with Gasteiger partial charge in [0.25, 0.3) is 11.8 Å². The van der Waals surface area contributed by atoms with Crippen LogP contribution >= 0.6 is 0 Å². The molecule has 0 spiro atoms. The average Bonchev–Trinajstić information content (AvgIpc) is 3.05. The second-order valence-corrected chi connectivity index (χ2v) is 8.04. The van der Waals surface area contributed by atoms with Gasteiger partial charge in [-0.2, -0.15) is 0 Å². The van der Waals surface area contributed by atoms with Gasteiger partial charge in [-0.3, -0.25) is 9.59 Å². The van der Waals surface area contributed by atoms with Crippen molar-refractivity contribution >= 4 is 28.8 Å². The summed E-state index contributed by atoms with van der Waals surface area (Å²) in [6.45, 7) is 5.92. The molecule has 4 rings (SSSR count). The van der Waals surface area contributed by atoms with E-state index in [1.54, 1.807) is 18.2 Å². The van der Waals surface area contributed by atoms with Crippen molar-refractivity contribution in [2.45, 2.75) is 20.8 Å². The molecule has 3 aromatic rings. The summed E-state index contributed by atoms with van der Waals surface area (Å²) in [5.74, 6) is 0.122. The van der Waals surface area contributed by atoms with Crippen LogP contribution in [-0.2, 0) is 9.59 Å². The fourth-order valence-corrected chi connectivity index (χ4v) is 3.84. The molecule has 1 aliphatic rings. The third-order valence-electron chi connectivity index (χ3n) is 5.70. The Labute approximate surface area is 193 Å². The van der Waals surface area contributed by atoms with Crippen molar-refractivity contribution in [1.82, 2.24) is 0 Å². The molecule has 0 radical (unpaired) electrons. The molecule has 1 heterocycles. The number of benzene rings is 3. The first-order valence-corrected chi connectivity index (χ1v) is 10.6. The van der Waals surface area contributed by atoms with Crippen molar-refractivity contribution in [2.24, 2.45) is 0 Å². The monoisotopic (exact) mass is 442 g/mol. The van der Waals surface area contributed by atoms with Crippen LogP contribution in [0.4, 0.5) is 11.4 Å². The highest BCUT2D eigenvalue weighted by atomic mass is 16.5. The molecule has 0 saturated heterocycles. The molecule has 0 aromatic heterocycles. The Hall–Kier alpha value is -4.06. The van der Waals surface area contributed by atoms with Crippen molar-refractivity contribution in [1.29, 1.82) is 0 Å². The lowest BCUT2D eigenvalue weighted by molar-refractivity contribution is -0.120. The molecule has 0 fully saturated rings. The van der Waals surface area contributed by atoms with Crippen LogP contribution in [0.25, 0.3) is 5.57 Å². The number of nitrogens with zero attached hydrogens (tertiary/aromatic N) is 1. The van der Waals surface area contributed by atoms with Crippen LogP contribution in [0, 0.1) is 20.8 Å². The van der Waals surface area contributed by atoms with E-state index in [4.69, 9.17) is 9.47 Å². The zero-order valence-electron chi connectivity index (χ0n) is 19.4. The largest absolute Gasteiger partial charge is 0.493 e. The minimum Gasteiger partial charge on any atom is -0.493 e. The maximum atomic E-state index is 13.6. The second kappa shape index (κ2) is 8.82. The third kappa shape index (κ3) is 4.07. The van der Waals surface area contributed by atoms with Gasteiger partial charge in [-0.1, -0.05) is 42.0 Å². The summed E-state index contributed by atoms with van der Waals surface area (Å²) >= 11 is 0. The Kier molecular flexibility index (Phi) is 5.92. The highest BCUT2D eigenvalue weighted by molar-refractivity contribution is 6.46. The van der Waals surface area contributed by atoms with Crippen LogP contribution in [0.1, 0.15) is 22.3 Å². The highest BCUT2D eigenvalue weighted by Crippen LogP contribution is 2.38. The fourth-order valence-electron chi connectivity index (χ4n) is 3.84. The average molecular weight is 443 g/mol. The number of anilines is 2. The lowest BCUT2D eigenvalue weighted by Gasteiger charge is -2.18. The Morgan fingerprint density at radius 2 is 1.39 bits per heavy atom. The molecule has 6 nitrogen and oxygen atoms in total. The minimum absolute atomic E-state index is 0.243. The van der Waals surface area contributed by atoms with Crippen molar-refractivity contribution in [2.75, 3.05) is 24.4 Å². The van der Waals surface area contributed by atoms with Gasteiger partial charge in [0, 0.05) is 11.8 Å². The number of hydrogen-bond acceptors (Lipinski definition) is 5. The lowest BCUT2D eigenvalue weighted by Crippen LogP contribution is -2.32. The van der Waals surface area contributed by atoms with Crippen LogP contribution in [0.3, 0.4) is 0 Å². The number of carbonyl (C=O) groups is 2. The van der Waals surface area contributed by atoms with E-state index in [2.05, 4.69) is 5.32 Å². The topological polar surface area (TPSA) is 67.9 Å². The normalized spacial score (nSPS) is 13.5. The molecule has 0 unspecified atom stereocenters. The van der Waals surface area contributed by atoms with Gasteiger partial charge in [-0.15, -0.1) is 0 Å². The molecule has 3 aromatic carbocycles. The number of rotatable bonds is 6. The van der Waals surface area contributed by atoms with Gasteiger partial charge in [0.15, 0.2) is 11.5 Å². The molecule has 1 N–H and O–H groups in total. The van der Waals surface area contributed by atoms with Crippen LogP contribution in [0.2, 0.25) is 0 Å². The smallest absolute Gasteiger partial charge is 0.282 e. The van der Waals surface area contributed by atoms with Gasteiger partial charge >= 0.3 is 0 Å². The summed E-state index contributed by atoms with van der Waals surface area (Å²) in [5.41, 5.74) is 5.53. The van der Waals surface area contributed by atoms with Crippen molar-refractivity contribution < 1.29 is 19.1 Å². The molecule has 2 amide bonds. The number of hydrogen-bond donors (Lipinski definition) is 1. The third-order valence-corrected chi connectivity index (χ3v) is 5.70. The SMILES string of the molecule is COc1ccc(N2C(=O)C(Nc3cc(C)ccc3C)=C(c3ccc(C)cc3)C2=O)cc1OC. The van der Waals surface area contributed by atoms with Gasteiger partial charge < -0.3 is 14.8 Å². The lowest BCUT2D eigenvalue weighted by atomic mass is 10.0. The van der Waals surface area contributed by atoms with E-state index >= 15 is 0 Å². The molecule has 6 heteroatoms. The summed E-state index contributed by atoms with van der Waals surface area (Å²) in [5, 5.41) is 3.26. The standard InChI is InChI=1S/C27H26N2O4/c1-16-7-10-19(11-8-16)24-25(28-21-14-17(2)6-9-18(21)3)27(31)29(26(24)30)20-12-13-22(32-4)23(15-20)33-5/h6-15,28H,1-5H3. The predicted octanol–water partition coefficient (Wildman–Crippen LogP) is 5.03. The summed E-state index contributed by atoms with van der Waals surface area (Å²) in [6, 6.07) is 18.5. The Bertz CT molecular complexity index is 1280. The van der Waals surface area contributed by atoms with E-state index in [9.17, 15) is 9.59 Å². The van der Waals surface area contributed by atoms with Gasteiger partial charge in [0.2, 0.25) is 0 Å². The number of aryl methyl sites for hydroxylation is 3. The summed E-state index contributed by atoms with van der Waals surface area (Å²) < 4.78 is 10.7. The molecular formula is C27H26N2O4. The van der Waals surface area contributed by atoms with E-state index in [1.807, 2.05) is 63.2 Å². The molecule has 33 heavy (non-hydrogen) atoms. The fraction of sp³-hybridized carbons (Fsp3) is 0.185. The zero-order valence-corrected chi connectivity index (χ0v) is 19.4. The van der Waals surface area contributed by atoms with Crippen molar-refractivity contribution in [3.8, 4) is 11.5 Å². The summed E-state index contributed by atoms with van der Waals surface area (Å²) in [7, 11) is 3.05. The van der Waals surface area contributed by atoms with Crippen LogP contribution in [-0.4, -0.2) is 26.0 Å². The molecule has 168 valence electrons. The Morgan fingerprint density at radius 1 is 0.727 bits per heavy atom. The molecule has 0 saturated carbocycles. The number of amides is 2. The van der Waals surface area contributed by atoms with Crippen molar-refractivity contribution in [3.05, 3.63) is 88.6 Å². The van der Waals surface area contributed by atoms with E-state index in [0.29, 0.717) is 28.3 Å². The van der Waals surface area contributed by atoms with Gasteiger partial charge in [0.1, 0.15) is 5.70 Å². The summed E-state index contributed by atoms with van der Waals surface area (Å²) in [6.07, 6.45) is 0. The van der Waals surface area contributed by atoms with E-state index in [-0.39, 0.29) is 5.70 Å². The first kappa shape index (κ1) is 22.1. The van der Waals surface area contributed by atoms with Crippen LogP contribution < -0.4 is 19.7 Å². The van der Waals surface area contributed by atoms with Gasteiger partial charge in [-0.05, 0) is 55.7 Å². The quantitative estimate of drug-likeness (QED) is 0.543. The van der Waals surface area contributed by atoms with Crippen molar-refractivity contribution in [3.63, 3.8) is 0 Å². The number of carbonyl (C=O) groups excluding carboxylic acids is 2. The molecule has 0 aliphatic carbocycles.